The number of aliphatic hydroxyl groups is 9. The van der Waals surface area contributed by atoms with Crippen molar-refractivity contribution in [3.8, 4) is 0 Å². The minimum absolute atomic E-state index is 0.144. The second-order valence-electron chi connectivity index (χ2n) is 23.3. The zero-order valence-corrected chi connectivity index (χ0v) is 54.0. The first kappa shape index (κ1) is 81.8. The molecule has 18 N–H and O–H groups in total. The van der Waals surface area contributed by atoms with Gasteiger partial charge in [0, 0.05) is 99.1 Å². The number of ether oxygens (including phenoxy) is 6. The van der Waals surface area contributed by atoms with Gasteiger partial charge in [0.15, 0.2) is 18.9 Å². The number of nitrogens with zero attached hydrogens (tertiary/aromatic N) is 1. The molecule has 536 valence electrons. The Balaban J connectivity index is 1.42. The fraction of sp³-hybridized carbons (Fsp3) is 0.847. The summed E-state index contributed by atoms with van der Waals surface area (Å²) in [6.07, 6.45) is -8.62. The van der Waals surface area contributed by atoms with Crippen LogP contribution in [-0.2, 0) is 71.6 Å². The summed E-state index contributed by atoms with van der Waals surface area (Å²) in [6.45, 7) is 4.69. The van der Waals surface area contributed by atoms with Crippen LogP contribution in [0.5, 0.6) is 0 Å². The van der Waals surface area contributed by atoms with Gasteiger partial charge in [-0.25, -0.2) is 0 Å². The Morgan fingerprint density at radius 1 is 0.387 bits per heavy atom. The van der Waals surface area contributed by atoms with Gasteiger partial charge in [-0.05, 0) is 64.2 Å². The van der Waals surface area contributed by atoms with Crippen molar-refractivity contribution in [3.05, 3.63) is 0 Å². The van der Waals surface area contributed by atoms with Gasteiger partial charge < -0.3 is 122 Å². The Morgan fingerprint density at radius 3 is 0.935 bits per heavy atom. The minimum Gasteiger partial charge on any atom is -0.394 e. The van der Waals surface area contributed by atoms with Crippen molar-refractivity contribution in [1.29, 1.82) is 0 Å². The molecule has 3 aliphatic rings. The van der Waals surface area contributed by atoms with Crippen LogP contribution in [0.3, 0.4) is 0 Å². The number of amides is 9. The van der Waals surface area contributed by atoms with Crippen LogP contribution in [-0.4, -0.2) is 294 Å². The Bertz CT molecular complexity index is 2150. The van der Waals surface area contributed by atoms with E-state index in [2.05, 4.69) is 47.9 Å². The van der Waals surface area contributed by atoms with Gasteiger partial charge in [0.1, 0.15) is 73.1 Å². The van der Waals surface area contributed by atoms with E-state index in [0.29, 0.717) is 77.0 Å². The maximum atomic E-state index is 13.7. The van der Waals surface area contributed by atoms with Crippen molar-refractivity contribution >= 4 is 53.2 Å². The topological polar surface area (TPSA) is 503 Å². The highest BCUT2D eigenvalue weighted by molar-refractivity contribution is 5.86. The van der Waals surface area contributed by atoms with Crippen LogP contribution in [0.2, 0.25) is 0 Å². The molecule has 34 nitrogen and oxygen atoms in total. The quantitative estimate of drug-likeness (QED) is 0.0252. The highest BCUT2D eigenvalue weighted by Gasteiger charge is 2.48. The first-order valence-corrected chi connectivity index (χ1v) is 32.3. The lowest BCUT2D eigenvalue weighted by Gasteiger charge is -2.42. The fourth-order valence-electron chi connectivity index (χ4n) is 10.5. The minimum atomic E-state index is -1.44. The van der Waals surface area contributed by atoms with Gasteiger partial charge >= 0.3 is 0 Å². The Kier molecular flexibility index (Phi) is 40.4. The molecule has 0 radical (unpaired) electrons. The standard InChI is InChI=1S/C59H106N10O24/c1-5-38(56(87)65-26-17-23-62-44(78)20-11-8-14-29-90-59-49(68-37(4)75)55(86)52(83)41(34-72)93-59)69(30-45(79)63-24-15-21-60-42(76)18-9-6-12-27-88-57-47(66-35(2)73)53(84)50(81)39(32-70)91-57)31-46(80)64-25-16-22-61-43(77)19-10-7-13-28-89-58-48(67-36(3)74)54(85)51(82)40(33-71)92-58/h38-41,47-55,57-59,70-72,81-86H,5-34H2,1-4H3,(H,60,76)(H,61,77)(H,62,78)(H,63,79)(H,64,80)(H,65,87)(H,66,73)(H,67,74)(H,68,75)/t38?,39?,40?,41?,47-,48-,49-,50-,51-,52-,53?,54?,55?,57+,58+,59+/m0/s1. The lowest BCUT2D eigenvalue weighted by atomic mass is 9.97. The van der Waals surface area contributed by atoms with E-state index in [1.54, 1.807) is 6.92 Å². The van der Waals surface area contributed by atoms with Gasteiger partial charge in [-0.3, -0.25) is 48.1 Å². The third kappa shape index (κ3) is 30.9. The molecule has 0 saturated carbocycles. The highest BCUT2D eigenvalue weighted by atomic mass is 16.7. The largest absolute Gasteiger partial charge is 0.394 e. The number of nitrogens with one attached hydrogen (secondary N) is 9. The third-order valence-electron chi connectivity index (χ3n) is 15.5. The average Bonchev–Trinajstić information content (AvgIpc) is 0.865. The first-order chi connectivity index (χ1) is 44.5. The molecule has 93 heavy (non-hydrogen) atoms. The van der Waals surface area contributed by atoms with E-state index in [-0.39, 0.29) is 116 Å². The monoisotopic (exact) mass is 1340 g/mol. The molecule has 3 saturated heterocycles. The summed E-state index contributed by atoms with van der Waals surface area (Å²) in [7, 11) is 0. The first-order valence-electron chi connectivity index (χ1n) is 32.3. The van der Waals surface area contributed by atoms with Gasteiger partial charge in [-0.2, -0.15) is 0 Å². The van der Waals surface area contributed by atoms with Crippen molar-refractivity contribution in [3.63, 3.8) is 0 Å². The van der Waals surface area contributed by atoms with Crippen LogP contribution in [0.15, 0.2) is 0 Å². The van der Waals surface area contributed by atoms with E-state index in [1.165, 1.54) is 25.7 Å². The summed E-state index contributed by atoms with van der Waals surface area (Å²) < 4.78 is 33.8. The molecule has 0 aliphatic carbocycles. The van der Waals surface area contributed by atoms with Crippen LogP contribution in [0.25, 0.3) is 0 Å². The highest BCUT2D eigenvalue weighted by Crippen LogP contribution is 2.26. The van der Waals surface area contributed by atoms with Crippen molar-refractivity contribution < 1.29 is 118 Å². The molecule has 3 fully saturated rings. The van der Waals surface area contributed by atoms with E-state index in [0.717, 1.165) is 0 Å². The number of rotatable bonds is 46. The Labute approximate surface area is 542 Å². The number of hydrogen-bond acceptors (Lipinski definition) is 25. The molecule has 0 bridgehead atoms. The van der Waals surface area contributed by atoms with Crippen LogP contribution in [0, 0.1) is 0 Å². The number of carbonyl (C=O) groups is 9. The molecule has 3 rings (SSSR count). The lowest BCUT2D eigenvalue weighted by molar-refractivity contribution is -0.270. The molecule has 9 amide bonds. The summed E-state index contributed by atoms with van der Waals surface area (Å²) >= 11 is 0. The number of aliphatic hydroxyl groups excluding tert-OH is 9. The van der Waals surface area contributed by atoms with Gasteiger partial charge in [-0.15, -0.1) is 0 Å². The lowest BCUT2D eigenvalue weighted by Crippen LogP contribution is -2.64. The number of hydrogen-bond donors (Lipinski definition) is 18. The molecule has 3 heterocycles. The van der Waals surface area contributed by atoms with E-state index in [4.69, 9.17) is 28.4 Å². The zero-order chi connectivity index (χ0) is 68.8. The molecular formula is C59H106N10O24. The van der Waals surface area contributed by atoms with Gasteiger partial charge in [0.2, 0.25) is 53.2 Å². The molecule has 34 heteroatoms. The van der Waals surface area contributed by atoms with Crippen LogP contribution < -0.4 is 47.9 Å². The summed E-state index contributed by atoms with van der Waals surface area (Å²) in [6, 6.07) is -4.11. The summed E-state index contributed by atoms with van der Waals surface area (Å²) in [4.78, 5) is 115. The number of carbonyl (C=O) groups excluding carboxylic acids is 9. The van der Waals surface area contributed by atoms with Crippen LogP contribution in [0.4, 0.5) is 0 Å². The van der Waals surface area contributed by atoms with E-state index in [9.17, 15) is 89.1 Å². The van der Waals surface area contributed by atoms with Crippen LogP contribution in [0.1, 0.15) is 130 Å². The average molecular weight is 1340 g/mol. The predicted octanol–water partition coefficient (Wildman–Crippen LogP) is -6.50. The molecular weight excluding hydrogens is 1230 g/mol. The summed E-state index contributed by atoms with van der Waals surface area (Å²) in [5.74, 6) is -3.50. The summed E-state index contributed by atoms with van der Waals surface area (Å²) in [5.41, 5.74) is 0. The van der Waals surface area contributed by atoms with E-state index >= 15 is 0 Å². The smallest absolute Gasteiger partial charge is 0.237 e. The summed E-state index contributed by atoms with van der Waals surface area (Å²) in [5, 5.41) is 115. The molecule has 16 atom stereocenters. The fourth-order valence-corrected chi connectivity index (χ4v) is 10.5. The Hall–Kier alpha value is -5.41. The van der Waals surface area contributed by atoms with Gasteiger partial charge in [-0.1, -0.05) is 26.2 Å². The SMILES string of the molecule is CCC(C(=O)NCCCNC(=O)CCCCCO[C@@H]1OC(CO)[C@H](O)C(O)[C@@H]1NC(C)=O)N(CC(=O)NCCCNC(=O)CCCCCO[C@@H]1OC(CO)[C@H](O)C(O)[C@@H]1NC(C)=O)CC(=O)NCCCNC(=O)CCCCCO[C@@H]1OC(CO)[C@H](O)C(O)[C@@H]1NC(C)=O. The second kappa shape index (κ2) is 45.9. The number of unbranched alkanes of at least 4 members (excludes halogenated alkanes) is 6. The van der Waals surface area contributed by atoms with Gasteiger partial charge in [0.25, 0.3) is 0 Å². The van der Waals surface area contributed by atoms with Crippen molar-refractivity contribution in [1.82, 2.24) is 52.8 Å². The molecule has 0 aromatic rings. The van der Waals surface area contributed by atoms with Crippen molar-refractivity contribution in [2.75, 3.05) is 92.0 Å². The van der Waals surface area contributed by atoms with E-state index in [1.807, 2.05) is 0 Å². The van der Waals surface area contributed by atoms with Crippen molar-refractivity contribution in [2.24, 2.45) is 0 Å². The van der Waals surface area contributed by atoms with Gasteiger partial charge in [0.05, 0.1) is 39.0 Å². The predicted molar refractivity (Wildman–Crippen MR) is 327 cm³/mol. The normalized spacial score (nSPS) is 26.5. The third-order valence-corrected chi connectivity index (χ3v) is 15.5. The molecule has 3 aliphatic heterocycles. The van der Waals surface area contributed by atoms with E-state index < -0.39 is 153 Å². The zero-order valence-electron chi connectivity index (χ0n) is 54.0. The Morgan fingerprint density at radius 2 is 0.667 bits per heavy atom. The molecule has 0 aromatic carbocycles. The van der Waals surface area contributed by atoms with Crippen molar-refractivity contribution in [2.45, 2.75) is 228 Å². The molecule has 0 spiro atoms. The maximum Gasteiger partial charge on any atom is 0.237 e. The molecule has 7 unspecified atom stereocenters. The molecule has 0 aromatic heterocycles. The van der Waals surface area contributed by atoms with Crippen LogP contribution >= 0.6 is 0 Å². The maximum absolute atomic E-state index is 13.7. The second-order valence-corrected chi connectivity index (χ2v) is 23.3.